The Labute approximate surface area is 114 Å². The zero-order valence-corrected chi connectivity index (χ0v) is 11.6. The highest BCUT2D eigenvalue weighted by Gasteiger charge is 2.02. The number of benzene rings is 1. The van der Waals surface area contributed by atoms with Gasteiger partial charge >= 0.3 is 0 Å². The molecule has 1 amide bonds. The maximum atomic E-state index is 11.7. The summed E-state index contributed by atoms with van der Waals surface area (Å²) in [5.74, 6) is 0.659. The van der Waals surface area contributed by atoms with Gasteiger partial charge in [0.25, 0.3) is 0 Å². The summed E-state index contributed by atoms with van der Waals surface area (Å²) >= 11 is 0. The topological polar surface area (TPSA) is 59.6 Å². The number of methoxy groups -OCH3 is 1. The number of anilines is 1. The minimum Gasteiger partial charge on any atom is -0.497 e. The third kappa shape index (κ3) is 6.79. The molecular formula is C14H22N2O3. The number of ether oxygens (including phenoxy) is 2. The van der Waals surface area contributed by atoms with E-state index in [0.29, 0.717) is 6.54 Å². The van der Waals surface area contributed by atoms with Crippen molar-refractivity contribution in [2.75, 3.05) is 38.7 Å². The van der Waals surface area contributed by atoms with E-state index >= 15 is 0 Å². The van der Waals surface area contributed by atoms with Gasteiger partial charge in [0.15, 0.2) is 0 Å². The van der Waals surface area contributed by atoms with Crippen LogP contribution in [0.3, 0.4) is 0 Å². The molecule has 0 aliphatic rings. The Hall–Kier alpha value is -1.59. The predicted octanol–water partition coefficient (Wildman–Crippen LogP) is 1.65. The fourth-order valence-corrected chi connectivity index (χ4v) is 1.55. The molecule has 1 aromatic rings. The second kappa shape index (κ2) is 9.35. The third-order valence-corrected chi connectivity index (χ3v) is 2.49. The first kappa shape index (κ1) is 15.5. The zero-order valence-electron chi connectivity index (χ0n) is 11.6. The molecule has 0 aliphatic carbocycles. The van der Waals surface area contributed by atoms with E-state index in [-0.39, 0.29) is 5.91 Å². The number of hydrogen-bond donors (Lipinski definition) is 2. The first-order valence-corrected chi connectivity index (χ1v) is 6.48. The standard InChI is InChI=1S/C14H22N2O3/c1-3-19-9-5-8-15-11-14(17)16-12-6-4-7-13(10-12)18-2/h4,6-7,10,15H,3,5,8-9,11H2,1-2H3,(H,16,17). The average Bonchev–Trinajstić information content (AvgIpc) is 2.43. The van der Waals surface area contributed by atoms with Gasteiger partial charge in [-0.15, -0.1) is 0 Å². The van der Waals surface area contributed by atoms with E-state index < -0.39 is 0 Å². The van der Waals surface area contributed by atoms with Crippen LogP contribution in [0.15, 0.2) is 24.3 Å². The van der Waals surface area contributed by atoms with E-state index in [9.17, 15) is 4.79 Å². The van der Waals surface area contributed by atoms with Crippen molar-refractivity contribution in [3.05, 3.63) is 24.3 Å². The van der Waals surface area contributed by atoms with Crippen LogP contribution in [0.25, 0.3) is 0 Å². The summed E-state index contributed by atoms with van der Waals surface area (Å²) < 4.78 is 10.3. The van der Waals surface area contributed by atoms with E-state index in [2.05, 4.69) is 10.6 Å². The smallest absolute Gasteiger partial charge is 0.238 e. The molecule has 0 bridgehead atoms. The number of nitrogens with one attached hydrogen (secondary N) is 2. The van der Waals surface area contributed by atoms with Crippen molar-refractivity contribution < 1.29 is 14.3 Å². The Morgan fingerprint density at radius 3 is 2.95 bits per heavy atom. The fourth-order valence-electron chi connectivity index (χ4n) is 1.55. The molecule has 5 heteroatoms. The number of rotatable bonds is 9. The predicted molar refractivity (Wildman–Crippen MR) is 75.6 cm³/mol. The van der Waals surface area contributed by atoms with Crippen LogP contribution in [-0.2, 0) is 9.53 Å². The summed E-state index contributed by atoms with van der Waals surface area (Å²) in [5, 5.41) is 5.88. The van der Waals surface area contributed by atoms with E-state index in [4.69, 9.17) is 9.47 Å². The van der Waals surface area contributed by atoms with Crippen molar-refractivity contribution in [2.45, 2.75) is 13.3 Å². The minimum absolute atomic E-state index is 0.0651. The molecule has 0 radical (unpaired) electrons. The zero-order chi connectivity index (χ0) is 13.9. The lowest BCUT2D eigenvalue weighted by molar-refractivity contribution is -0.115. The van der Waals surface area contributed by atoms with Gasteiger partial charge in [-0.1, -0.05) is 6.07 Å². The van der Waals surface area contributed by atoms with E-state index in [1.54, 1.807) is 13.2 Å². The molecule has 1 aromatic carbocycles. The maximum absolute atomic E-state index is 11.7. The normalized spacial score (nSPS) is 10.2. The van der Waals surface area contributed by atoms with Gasteiger partial charge in [0.2, 0.25) is 5.91 Å². The molecule has 0 aliphatic heterocycles. The molecule has 0 fully saturated rings. The van der Waals surface area contributed by atoms with Crippen LogP contribution in [0.4, 0.5) is 5.69 Å². The Morgan fingerprint density at radius 1 is 1.37 bits per heavy atom. The molecule has 0 unspecified atom stereocenters. The van der Waals surface area contributed by atoms with Gasteiger partial charge in [-0.05, 0) is 32.0 Å². The van der Waals surface area contributed by atoms with Gasteiger partial charge in [0, 0.05) is 25.0 Å². The Kier molecular flexibility index (Phi) is 7.62. The monoisotopic (exact) mass is 266 g/mol. The van der Waals surface area contributed by atoms with Crippen molar-refractivity contribution in [3.8, 4) is 5.75 Å². The van der Waals surface area contributed by atoms with Crippen molar-refractivity contribution in [1.82, 2.24) is 5.32 Å². The molecule has 2 N–H and O–H groups in total. The number of amides is 1. The van der Waals surface area contributed by atoms with Crippen LogP contribution in [-0.4, -0.2) is 39.3 Å². The average molecular weight is 266 g/mol. The van der Waals surface area contributed by atoms with Crippen LogP contribution in [0, 0.1) is 0 Å². The summed E-state index contributed by atoms with van der Waals surface area (Å²) in [6.07, 6.45) is 0.903. The largest absolute Gasteiger partial charge is 0.497 e. The lowest BCUT2D eigenvalue weighted by Crippen LogP contribution is -2.29. The lowest BCUT2D eigenvalue weighted by atomic mass is 10.3. The first-order chi connectivity index (χ1) is 9.26. The number of carbonyl (C=O) groups excluding carboxylic acids is 1. The second-order valence-electron chi connectivity index (χ2n) is 4.01. The lowest BCUT2D eigenvalue weighted by Gasteiger charge is -2.08. The van der Waals surface area contributed by atoms with Crippen molar-refractivity contribution in [2.24, 2.45) is 0 Å². The van der Waals surface area contributed by atoms with Gasteiger partial charge in [-0.2, -0.15) is 0 Å². The minimum atomic E-state index is -0.0651. The summed E-state index contributed by atoms with van der Waals surface area (Å²) in [5.41, 5.74) is 0.737. The first-order valence-electron chi connectivity index (χ1n) is 6.48. The molecule has 0 spiro atoms. The highest BCUT2D eigenvalue weighted by Crippen LogP contribution is 2.16. The van der Waals surface area contributed by atoms with Crippen LogP contribution in [0.2, 0.25) is 0 Å². The molecule has 1 rings (SSSR count). The molecule has 5 nitrogen and oxygen atoms in total. The summed E-state index contributed by atoms with van der Waals surface area (Å²) in [7, 11) is 1.60. The van der Waals surface area contributed by atoms with Crippen LogP contribution in [0.1, 0.15) is 13.3 Å². The highest BCUT2D eigenvalue weighted by molar-refractivity contribution is 5.92. The molecule has 0 saturated carbocycles. The summed E-state index contributed by atoms with van der Waals surface area (Å²) in [4.78, 5) is 11.7. The maximum Gasteiger partial charge on any atom is 0.238 e. The molecular weight excluding hydrogens is 244 g/mol. The third-order valence-electron chi connectivity index (χ3n) is 2.49. The summed E-state index contributed by atoms with van der Waals surface area (Å²) in [6, 6.07) is 7.29. The molecule has 0 atom stereocenters. The SMILES string of the molecule is CCOCCCNCC(=O)Nc1cccc(OC)c1. The molecule has 0 heterocycles. The van der Waals surface area contributed by atoms with E-state index in [1.165, 1.54) is 0 Å². The molecule has 0 saturated heterocycles. The Balaban J connectivity index is 2.19. The molecule has 0 aromatic heterocycles. The van der Waals surface area contributed by atoms with Gasteiger partial charge in [0.1, 0.15) is 5.75 Å². The van der Waals surface area contributed by atoms with Crippen molar-refractivity contribution in [3.63, 3.8) is 0 Å². The van der Waals surface area contributed by atoms with Crippen molar-refractivity contribution in [1.29, 1.82) is 0 Å². The van der Waals surface area contributed by atoms with Crippen molar-refractivity contribution >= 4 is 11.6 Å². The van der Waals surface area contributed by atoms with Gasteiger partial charge < -0.3 is 20.1 Å². The molecule has 106 valence electrons. The number of carbonyl (C=O) groups is 1. The van der Waals surface area contributed by atoms with E-state index in [0.717, 1.165) is 37.6 Å². The second-order valence-corrected chi connectivity index (χ2v) is 4.01. The van der Waals surface area contributed by atoms with Gasteiger partial charge in [-0.25, -0.2) is 0 Å². The quantitative estimate of drug-likeness (QED) is 0.667. The Bertz CT molecular complexity index is 383. The van der Waals surface area contributed by atoms with E-state index in [1.807, 2.05) is 25.1 Å². The number of hydrogen-bond acceptors (Lipinski definition) is 4. The summed E-state index contributed by atoms with van der Waals surface area (Å²) in [6.45, 7) is 4.49. The van der Waals surface area contributed by atoms with Gasteiger partial charge in [-0.3, -0.25) is 4.79 Å². The van der Waals surface area contributed by atoms with Crippen LogP contribution >= 0.6 is 0 Å². The Morgan fingerprint density at radius 2 is 2.21 bits per heavy atom. The fraction of sp³-hybridized carbons (Fsp3) is 0.500. The van der Waals surface area contributed by atoms with Gasteiger partial charge in [0.05, 0.1) is 13.7 Å². The van der Waals surface area contributed by atoms with Crippen LogP contribution in [0.5, 0.6) is 5.75 Å². The molecule has 19 heavy (non-hydrogen) atoms. The van der Waals surface area contributed by atoms with Crippen LogP contribution < -0.4 is 15.4 Å². The highest BCUT2D eigenvalue weighted by atomic mass is 16.5.